The molecular weight excluding hydrogens is 505 g/mol. The molecule has 1 heterocycles. The smallest absolute Gasteiger partial charge is 0.328 e. The lowest BCUT2D eigenvalue weighted by Crippen LogP contribution is -2.38. The number of hydrogen-bond acceptors (Lipinski definition) is 5. The standard InChI is InChI=1S/C18H18BrClFN3O3S2/c19-11-5-6-12(16(21)15(11)20)24(8-10-3-1-2-4-10)18(27)23-17-22-7-14(29-17)28-9-13(25)26/h5-7,10H,1-4,8-9H2,(H,25,26)(H,22,23,27). The van der Waals surface area contributed by atoms with Gasteiger partial charge in [0.25, 0.3) is 0 Å². The summed E-state index contributed by atoms with van der Waals surface area (Å²) >= 11 is 11.5. The van der Waals surface area contributed by atoms with Crippen LogP contribution in [0.2, 0.25) is 5.02 Å². The zero-order chi connectivity index (χ0) is 21.0. The number of carboxylic acid groups (broad SMARTS) is 1. The van der Waals surface area contributed by atoms with E-state index in [1.807, 2.05) is 0 Å². The summed E-state index contributed by atoms with van der Waals surface area (Å²) in [5.41, 5.74) is 0.111. The summed E-state index contributed by atoms with van der Waals surface area (Å²) in [6.45, 7) is 0.382. The van der Waals surface area contributed by atoms with Gasteiger partial charge in [-0.05, 0) is 46.8 Å². The summed E-state index contributed by atoms with van der Waals surface area (Å²) in [7, 11) is 0. The molecule has 1 aliphatic rings. The number of carbonyl (C=O) groups excluding carboxylic acids is 1. The Morgan fingerprint density at radius 2 is 2.14 bits per heavy atom. The largest absolute Gasteiger partial charge is 0.481 e. The van der Waals surface area contributed by atoms with Crippen molar-refractivity contribution in [3.63, 3.8) is 0 Å². The van der Waals surface area contributed by atoms with Gasteiger partial charge in [-0.25, -0.2) is 14.2 Å². The number of hydrogen-bond donors (Lipinski definition) is 2. The number of rotatable bonds is 7. The molecule has 11 heteroatoms. The maximum atomic E-state index is 14.8. The number of benzene rings is 1. The summed E-state index contributed by atoms with van der Waals surface area (Å²) in [4.78, 5) is 29.2. The van der Waals surface area contributed by atoms with E-state index in [-0.39, 0.29) is 16.5 Å². The first-order valence-corrected chi connectivity index (χ1v) is 11.8. The van der Waals surface area contributed by atoms with Crippen LogP contribution in [0.4, 0.5) is 20.0 Å². The fraction of sp³-hybridized carbons (Fsp3) is 0.389. The van der Waals surface area contributed by atoms with E-state index < -0.39 is 17.8 Å². The second kappa shape index (κ2) is 10.1. The topological polar surface area (TPSA) is 82.5 Å². The molecule has 0 bridgehead atoms. The summed E-state index contributed by atoms with van der Waals surface area (Å²) in [6.07, 6.45) is 5.68. The minimum Gasteiger partial charge on any atom is -0.481 e. The average Bonchev–Trinajstić information content (AvgIpc) is 3.35. The minimum absolute atomic E-state index is 0.0756. The van der Waals surface area contributed by atoms with Gasteiger partial charge in [-0.15, -0.1) is 11.8 Å². The third kappa shape index (κ3) is 5.84. The van der Waals surface area contributed by atoms with Crippen LogP contribution in [-0.4, -0.2) is 34.4 Å². The van der Waals surface area contributed by atoms with Crippen LogP contribution in [0.1, 0.15) is 25.7 Å². The van der Waals surface area contributed by atoms with Gasteiger partial charge < -0.3 is 5.11 Å². The second-order valence-corrected chi connectivity index (χ2v) is 10.1. The lowest BCUT2D eigenvalue weighted by atomic mass is 10.1. The molecule has 1 fully saturated rings. The Morgan fingerprint density at radius 3 is 2.83 bits per heavy atom. The molecule has 1 aromatic heterocycles. The number of halogens is 3. The lowest BCUT2D eigenvalue weighted by Gasteiger charge is -2.26. The molecule has 0 radical (unpaired) electrons. The first kappa shape index (κ1) is 22.3. The molecule has 0 saturated heterocycles. The highest BCUT2D eigenvalue weighted by Gasteiger charge is 2.27. The summed E-state index contributed by atoms with van der Waals surface area (Å²) in [5.74, 6) is -1.39. The summed E-state index contributed by atoms with van der Waals surface area (Å²) < 4.78 is 15.9. The van der Waals surface area contributed by atoms with Gasteiger partial charge in [-0.1, -0.05) is 35.8 Å². The van der Waals surface area contributed by atoms with Crippen molar-refractivity contribution >= 4 is 73.4 Å². The highest BCUT2D eigenvalue weighted by Crippen LogP contribution is 2.35. The minimum atomic E-state index is -0.931. The summed E-state index contributed by atoms with van der Waals surface area (Å²) in [6, 6.07) is 2.63. The quantitative estimate of drug-likeness (QED) is 0.339. The van der Waals surface area contributed by atoms with Crippen molar-refractivity contribution in [1.29, 1.82) is 0 Å². The van der Waals surface area contributed by atoms with Crippen LogP contribution < -0.4 is 10.2 Å². The van der Waals surface area contributed by atoms with Crippen LogP contribution in [0.5, 0.6) is 0 Å². The Hall–Kier alpha value is -1.36. The molecule has 156 valence electrons. The van der Waals surface area contributed by atoms with Gasteiger partial charge in [0, 0.05) is 11.0 Å². The van der Waals surface area contributed by atoms with Gasteiger partial charge in [0.05, 0.1) is 26.9 Å². The number of carboxylic acids is 1. The molecule has 1 saturated carbocycles. The van der Waals surface area contributed by atoms with Crippen LogP contribution in [0.15, 0.2) is 27.0 Å². The van der Waals surface area contributed by atoms with Crippen LogP contribution in [0.25, 0.3) is 0 Å². The van der Waals surface area contributed by atoms with E-state index in [4.69, 9.17) is 16.7 Å². The van der Waals surface area contributed by atoms with Crippen LogP contribution >= 0.6 is 50.6 Å². The van der Waals surface area contributed by atoms with E-state index >= 15 is 0 Å². The van der Waals surface area contributed by atoms with Gasteiger partial charge in [0.2, 0.25) is 0 Å². The van der Waals surface area contributed by atoms with Gasteiger partial charge >= 0.3 is 12.0 Å². The van der Waals surface area contributed by atoms with Gasteiger partial charge in [-0.3, -0.25) is 15.0 Å². The lowest BCUT2D eigenvalue weighted by molar-refractivity contribution is -0.133. The number of thioether (sulfide) groups is 1. The molecular formula is C18H18BrClFN3O3S2. The third-order valence-corrected chi connectivity index (χ3v) is 7.85. The monoisotopic (exact) mass is 521 g/mol. The Labute approximate surface area is 189 Å². The van der Waals surface area contributed by atoms with Crippen molar-refractivity contribution in [2.45, 2.75) is 29.9 Å². The fourth-order valence-electron chi connectivity index (χ4n) is 3.14. The number of urea groups is 1. The zero-order valence-corrected chi connectivity index (χ0v) is 19.1. The number of aromatic nitrogens is 1. The molecule has 29 heavy (non-hydrogen) atoms. The first-order valence-electron chi connectivity index (χ1n) is 8.87. The molecule has 0 atom stereocenters. The Bertz CT molecular complexity index is 908. The van der Waals surface area contributed by atoms with E-state index in [0.29, 0.717) is 26.3 Å². The molecule has 2 amide bonds. The fourth-order valence-corrected chi connectivity index (χ4v) is 5.19. The SMILES string of the molecule is O=C(O)CSc1cnc(NC(=O)N(CC2CCCC2)c2ccc(Br)c(Cl)c2F)s1. The van der Waals surface area contributed by atoms with E-state index in [0.717, 1.165) is 37.4 Å². The predicted molar refractivity (Wildman–Crippen MR) is 118 cm³/mol. The van der Waals surface area contributed by atoms with Crippen molar-refractivity contribution in [2.24, 2.45) is 5.92 Å². The molecule has 6 nitrogen and oxygen atoms in total. The Kier molecular flexibility index (Phi) is 7.78. The number of thiazole rings is 1. The van der Waals surface area contributed by atoms with Gasteiger partial charge in [-0.2, -0.15) is 0 Å². The predicted octanol–water partition coefficient (Wildman–Crippen LogP) is 6.10. The molecule has 2 aromatic rings. The normalized spacial score (nSPS) is 14.2. The number of aliphatic carboxylic acids is 1. The molecule has 1 aromatic carbocycles. The maximum absolute atomic E-state index is 14.8. The highest BCUT2D eigenvalue weighted by molar-refractivity contribution is 9.10. The molecule has 0 unspecified atom stereocenters. The molecule has 3 rings (SSSR count). The van der Waals surface area contributed by atoms with Crippen molar-refractivity contribution < 1.29 is 19.1 Å². The maximum Gasteiger partial charge on any atom is 0.328 e. The van der Waals surface area contributed by atoms with Crippen molar-refractivity contribution in [2.75, 3.05) is 22.5 Å². The van der Waals surface area contributed by atoms with E-state index in [1.165, 1.54) is 28.5 Å². The van der Waals surface area contributed by atoms with E-state index in [9.17, 15) is 14.0 Å². The molecule has 0 aliphatic heterocycles. The number of amides is 2. The van der Waals surface area contributed by atoms with Crippen LogP contribution in [0, 0.1) is 11.7 Å². The summed E-state index contributed by atoms with van der Waals surface area (Å²) in [5, 5.41) is 11.7. The molecule has 1 aliphatic carbocycles. The molecule has 0 spiro atoms. The number of anilines is 2. The first-order chi connectivity index (χ1) is 13.8. The van der Waals surface area contributed by atoms with E-state index in [2.05, 4.69) is 26.2 Å². The third-order valence-electron chi connectivity index (χ3n) is 4.50. The highest BCUT2D eigenvalue weighted by atomic mass is 79.9. The van der Waals surface area contributed by atoms with Gasteiger partial charge in [0.1, 0.15) is 0 Å². The number of nitrogens with one attached hydrogen (secondary N) is 1. The Morgan fingerprint density at radius 1 is 1.41 bits per heavy atom. The average molecular weight is 523 g/mol. The van der Waals surface area contributed by atoms with Gasteiger partial charge in [0.15, 0.2) is 10.9 Å². The zero-order valence-electron chi connectivity index (χ0n) is 15.2. The molecule has 2 N–H and O–H groups in total. The van der Waals surface area contributed by atoms with Crippen LogP contribution in [0.3, 0.4) is 0 Å². The Balaban J connectivity index is 1.79. The van der Waals surface area contributed by atoms with Crippen molar-refractivity contribution in [3.8, 4) is 0 Å². The number of carbonyl (C=O) groups is 2. The van der Waals surface area contributed by atoms with Crippen molar-refractivity contribution in [3.05, 3.63) is 33.6 Å². The van der Waals surface area contributed by atoms with E-state index in [1.54, 1.807) is 6.07 Å². The second-order valence-electron chi connectivity index (χ2n) is 6.55. The van der Waals surface area contributed by atoms with Crippen LogP contribution in [-0.2, 0) is 4.79 Å². The van der Waals surface area contributed by atoms with Crippen molar-refractivity contribution in [1.82, 2.24) is 4.98 Å². The number of nitrogens with zero attached hydrogens (tertiary/aromatic N) is 2.